The van der Waals surface area contributed by atoms with Crippen LogP contribution in [0.15, 0.2) is 65.7 Å². The number of carbonyl (C=O) groups is 1. The molecule has 0 aliphatic heterocycles. The van der Waals surface area contributed by atoms with Crippen molar-refractivity contribution in [3.63, 3.8) is 0 Å². The van der Waals surface area contributed by atoms with Gasteiger partial charge in [-0.3, -0.25) is 15.2 Å². The molecule has 1 unspecified atom stereocenters. The molecule has 0 bridgehead atoms. The highest BCUT2D eigenvalue weighted by Gasteiger charge is 2.23. The van der Waals surface area contributed by atoms with Crippen LogP contribution in [-0.4, -0.2) is 43.1 Å². The molecule has 0 radical (unpaired) electrons. The molecular weight excluding hydrogens is 464 g/mol. The van der Waals surface area contributed by atoms with Gasteiger partial charge >= 0.3 is 11.7 Å². The van der Waals surface area contributed by atoms with Crippen LogP contribution in [0, 0.1) is 5.41 Å². The fourth-order valence-electron chi connectivity index (χ4n) is 3.46. The summed E-state index contributed by atoms with van der Waals surface area (Å²) in [6, 6.07) is 12.8. The number of hydrogen-bond acceptors (Lipinski definition) is 9. The molecule has 12 heteroatoms. The summed E-state index contributed by atoms with van der Waals surface area (Å²) in [5.41, 5.74) is 6.86. The SMILES string of the molecule is CCOc1cc(OC(C)=O)cc(C(Nc2ccc(C(=N)N)cc2)c2nn(-c3ncccn3)c(=O)[nH]2)c1. The van der Waals surface area contributed by atoms with Gasteiger partial charge in [-0.1, -0.05) is 0 Å². The Hall–Kier alpha value is -5.00. The molecule has 0 fully saturated rings. The van der Waals surface area contributed by atoms with E-state index in [4.69, 9.17) is 20.6 Å². The van der Waals surface area contributed by atoms with Crippen LogP contribution in [0.4, 0.5) is 5.69 Å². The van der Waals surface area contributed by atoms with Gasteiger partial charge in [0.15, 0.2) is 5.82 Å². The molecule has 0 aliphatic rings. The first-order valence-corrected chi connectivity index (χ1v) is 11.0. The van der Waals surface area contributed by atoms with Crippen molar-refractivity contribution in [3.8, 4) is 17.4 Å². The van der Waals surface area contributed by atoms with E-state index in [9.17, 15) is 9.59 Å². The van der Waals surface area contributed by atoms with Gasteiger partial charge in [0.05, 0.1) is 6.61 Å². The van der Waals surface area contributed by atoms with Gasteiger partial charge in [0.2, 0.25) is 0 Å². The number of nitrogen functional groups attached to an aromatic ring is 1. The number of carbonyl (C=O) groups excluding carboxylic acids is 1. The van der Waals surface area contributed by atoms with Crippen LogP contribution in [-0.2, 0) is 4.79 Å². The Morgan fingerprint density at radius 2 is 1.86 bits per heavy atom. The minimum absolute atomic E-state index is 0.0560. The molecule has 4 rings (SSSR count). The minimum Gasteiger partial charge on any atom is -0.494 e. The summed E-state index contributed by atoms with van der Waals surface area (Å²) in [7, 11) is 0. The molecule has 1 atom stereocenters. The lowest BCUT2D eigenvalue weighted by molar-refractivity contribution is -0.131. The van der Waals surface area contributed by atoms with Gasteiger partial charge in [-0.25, -0.2) is 14.8 Å². The number of nitrogens with zero attached hydrogens (tertiary/aromatic N) is 4. The number of H-pyrrole nitrogens is 1. The van der Waals surface area contributed by atoms with Gasteiger partial charge in [0.1, 0.15) is 23.4 Å². The Balaban J connectivity index is 1.81. The molecule has 2 aromatic carbocycles. The number of ether oxygens (including phenoxy) is 2. The van der Waals surface area contributed by atoms with Crippen molar-refractivity contribution in [1.82, 2.24) is 24.7 Å². The fourth-order valence-corrected chi connectivity index (χ4v) is 3.46. The lowest BCUT2D eigenvalue weighted by Gasteiger charge is -2.20. The molecule has 0 aliphatic carbocycles. The highest BCUT2D eigenvalue weighted by Crippen LogP contribution is 2.31. The minimum atomic E-state index is -0.708. The first kappa shape index (κ1) is 24.1. The summed E-state index contributed by atoms with van der Waals surface area (Å²) in [5.74, 6) is 0.564. The van der Waals surface area contributed by atoms with Gasteiger partial charge in [0, 0.05) is 36.6 Å². The second kappa shape index (κ2) is 10.5. The van der Waals surface area contributed by atoms with Crippen molar-refractivity contribution in [2.24, 2.45) is 5.73 Å². The summed E-state index contributed by atoms with van der Waals surface area (Å²) >= 11 is 0. The zero-order valence-electron chi connectivity index (χ0n) is 19.6. The zero-order valence-corrected chi connectivity index (χ0v) is 19.6. The van der Waals surface area contributed by atoms with Crippen molar-refractivity contribution in [1.29, 1.82) is 5.41 Å². The third kappa shape index (κ3) is 5.55. The van der Waals surface area contributed by atoms with Crippen molar-refractivity contribution in [2.75, 3.05) is 11.9 Å². The monoisotopic (exact) mass is 488 g/mol. The van der Waals surface area contributed by atoms with E-state index in [2.05, 4.69) is 25.4 Å². The number of hydrogen-bond donors (Lipinski definition) is 4. The third-order valence-electron chi connectivity index (χ3n) is 4.97. The van der Waals surface area contributed by atoms with Gasteiger partial charge in [-0.05, 0) is 55.0 Å². The molecule has 0 amide bonds. The van der Waals surface area contributed by atoms with E-state index in [1.54, 1.807) is 48.5 Å². The third-order valence-corrected chi connectivity index (χ3v) is 4.97. The van der Waals surface area contributed by atoms with Gasteiger partial charge in [-0.2, -0.15) is 0 Å². The number of nitrogens with one attached hydrogen (secondary N) is 3. The number of nitrogens with two attached hydrogens (primary N) is 1. The van der Waals surface area contributed by atoms with E-state index >= 15 is 0 Å². The van der Waals surface area contributed by atoms with Crippen LogP contribution in [0.5, 0.6) is 11.5 Å². The highest BCUT2D eigenvalue weighted by molar-refractivity contribution is 5.95. The summed E-state index contributed by atoms with van der Waals surface area (Å²) < 4.78 is 12.0. The number of benzene rings is 2. The molecule has 184 valence electrons. The molecule has 12 nitrogen and oxygen atoms in total. The lowest BCUT2D eigenvalue weighted by atomic mass is 10.0. The summed E-state index contributed by atoms with van der Waals surface area (Å²) in [5, 5.41) is 15.4. The Bertz CT molecular complexity index is 1430. The van der Waals surface area contributed by atoms with E-state index in [-0.39, 0.29) is 23.4 Å². The quantitative estimate of drug-likeness (QED) is 0.119. The summed E-state index contributed by atoms with van der Waals surface area (Å²) in [6.07, 6.45) is 3.01. The fraction of sp³-hybridized carbons (Fsp3) is 0.167. The van der Waals surface area contributed by atoms with Crippen LogP contribution in [0.3, 0.4) is 0 Å². The smallest absolute Gasteiger partial charge is 0.350 e. The molecule has 0 saturated carbocycles. The Morgan fingerprint density at radius 1 is 1.17 bits per heavy atom. The van der Waals surface area contributed by atoms with Crippen LogP contribution in [0.1, 0.15) is 36.8 Å². The highest BCUT2D eigenvalue weighted by atomic mass is 16.5. The number of anilines is 1. The number of aromatic amines is 1. The number of esters is 1. The van der Waals surface area contributed by atoms with Crippen LogP contribution in [0.25, 0.3) is 5.95 Å². The average Bonchev–Trinajstić information content (AvgIpc) is 3.24. The Morgan fingerprint density at radius 3 is 2.50 bits per heavy atom. The molecule has 4 aromatic rings. The maximum atomic E-state index is 12.7. The van der Waals surface area contributed by atoms with Crippen molar-refractivity contribution in [2.45, 2.75) is 19.9 Å². The lowest BCUT2D eigenvalue weighted by Crippen LogP contribution is -2.18. The van der Waals surface area contributed by atoms with Crippen molar-refractivity contribution >= 4 is 17.5 Å². The van der Waals surface area contributed by atoms with Gasteiger partial charge < -0.3 is 20.5 Å². The van der Waals surface area contributed by atoms with Gasteiger partial charge in [0.25, 0.3) is 5.95 Å². The number of rotatable bonds is 9. The molecule has 0 spiro atoms. The van der Waals surface area contributed by atoms with Crippen LogP contribution < -0.4 is 26.2 Å². The average molecular weight is 489 g/mol. The predicted molar refractivity (Wildman–Crippen MR) is 132 cm³/mol. The normalized spacial score (nSPS) is 11.5. The second-order valence-electron chi connectivity index (χ2n) is 7.61. The van der Waals surface area contributed by atoms with Crippen molar-refractivity contribution in [3.05, 3.63) is 88.4 Å². The molecular formula is C24H24N8O4. The topological polar surface area (TPSA) is 174 Å². The molecule has 36 heavy (non-hydrogen) atoms. The Kier molecular flexibility index (Phi) is 7.04. The van der Waals surface area contributed by atoms with E-state index in [1.807, 2.05) is 6.92 Å². The largest absolute Gasteiger partial charge is 0.494 e. The van der Waals surface area contributed by atoms with E-state index in [0.29, 0.717) is 29.2 Å². The predicted octanol–water partition coefficient (Wildman–Crippen LogP) is 2.16. The zero-order chi connectivity index (χ0) is 25.7. The first-order valence-electron chi connectivity index (χ1n) is 11.0. The standard InChI is InChI=1S/C24H24N8O4/c1-3-35-18-11-16(12-19(13-18)36-14(2)33)20(29-17-7-5-15(6-8-17)21(25)26)22-30-24(34)32(31-22)23-27-9-4-10-28-23/h4-13,20,29H,3H2,1-2H3,(H3,25,26)(H,30,31,34). The van der Waals surface area contributed by atoms with Crippen LogP contribution >= 0.6 is 0 Å². The Labute approximate surface area is 205 Å². The molecule has 5 N–H and O–H groups in total. The number of amidine groups is 1. The molecule has 0 saturated heterocycles. The van der Waals surface area contributed by atoms with Crippen molar-refractivity contribution < 1.29 is 14.3 Å². The van der Waals surface area contributed by atoms with Crippen LogP contribution in [0.2, 0.25) is 0 Å². The molecule has 2 heterocycles. The van der Waals surface area contributed by atoms with Gasteiger partial charge in [-0.15, -0.1) is 9.78 Å². The summed E-state index contributed by atoms with van der Waals surface area (Å²) in [4.78, 5) is 35.3. The first-order chi connectivity index (χ1) is 17.3. The maximum Gasteiger partial charge on any atom is 0.350 e. The summed E-state index contributed by atoms with van der Waals surface area (Å²) in [6.45, 7) is 3.53. The maximum absolute atomic E-state index is 12.7. The number of aromatic nitrogens is 5. The molecule has 2 aromatic heterocycles. The van der Waals surface area contributed by atoms with E-state index < -0.39 is 17.7 Å². The van der Waals surface area contributed by atoms with E-state index in [0.717, 1.165) is 4.68 Å². The van der Waals surface area contributed by atoms with E-state index in [1.165, 1.54) is 19.3 Å². The second-order valence-corrected chi connectivity index (χ2v) is 7.61.